The number of nitrogens with zero attached hydrogens (tertiary/aromatic N) is 1. The molecule has 0 amide bonds. The lowest BCUT2D eigenvalue weighted by Crippen LogP contribution is -2.14. The van der Waals surface area contributed by atoms with E-state index in [-0.39, 0.29) is 0 Å². The Balaban J connectivity index is 1.73. The topological polar surface area (TPSA) is 33.6 Å². The van der Waals surface area contributed by atoms with Crippen LogP contribution in [-0.4, -0.2) is 19.4 Å². The molecule has 0 saturated heterocycles. The minimum atomic E-state index is 0.666. The lowest BCUT2D eigenvalue weighted by atomic mass is 10.0. The van der Waals surface area contributed by atoms with Gasteiger partial charge in [-0.05, 0) is 60.4 Å². The van der Waals surface area contributed by atoms with Crippen LogP contribution in [0, 0.1) is 5.92 Å². The fourth-order valence-electron chi connectivity index (χ4n) is 3.51. The molecule has 0 unspecified atom stereocenters. The van der Waals surface area contributed by atoms with E-state index in [0.29, 0.717) is 5.92 Å². The summed E-state index contributed by atoms with van der Waals surface area (Å²) in [6.45, 7) is 9.64. The highest BCUT2D eigenvalue weighted by atomic mass is 32.2. The first-order chi connectivity index (χ1) is 15.0. The third kappa shape index (κ3) is 4.86. The predicted octanol–water partition coefficient (Wildman–Crippen LogP) is 6.94. The van der Waals surface area contributed by atoms with Crippen molar-refractivity contribution in [2.75, 3.05) is 13.7 Å². The summed E-state index contributed by atoms with van der Waals surface area (Å²) in [6, 6.07) is 23.0. The van der Waals surface area contributed by atoms with Gasteiger partial charge in [0.1, 0.15) is 5.75 Å². The number of methoxy groups -OCH3 is 1. The fraction of sp³-hybridized carbons (Fsp3) is 0.222. The van der Waals surface area contributed by atoms with E-state index in [2.05, 4.69) is 80.3 Å². The standard InChI is InChI=1S/C27H28N2OS/c1-18(2)15-16-28-19(3)21-11-14-26-24(17-21)29-27(20-9-12-22(30-4)13-10-20)23-7-5-6-8-25(23)31-26/h5-14,17-18,28H,3,15-16H2,1-2,4H3. The molecular formula is C27H28N2OS. The van der Waals surface area contributed by atoms with Gasteiger partial charge < -0.3 is 10.1 Å². The molecule has 158 valence electrons. The minimum absolute atomic E-state index is 0.666. The maximum absolute atomic E-state index is 5.34. The number of benzene rings is 3. The van der Waals surface area contributed by atoms with Crippen molar-refractivity contribution in [2.45, 2.75) is 30.1 Å². The highest BCUT2D eigenvalue weighted by molar-refractivity contribution is 7.99. The van der Waals surface area contributed by atoms with E-state index >= 15 is 0 Å². The second-order valence-electron chi connectivity index (χ2n) is 8.06. The first-order valence-electron chi connectivity index (χ1n) is 10.6. The number of ether oxygens (including phenoxy) is 1. The smallest absolute Gasteiger partial charge is 0.118 e. The van der Waals surface area contributed by atoms with Crippen LogP contribution in [0.15, 0.2) is 88.1 Å². The molecule has 3 nitrogen and oxygen atoms in total. The van der Waals surface area contributed by atoms with Crippen LogP contribution in [0.2, 0.25) is 0 Å². The van der Waals surface area contributed by atoms with Gasteiger partial charge in [0.15, 0.2) is 0 Å². The molecular weight excluding hydrogens is 400 g/mol. The van der Waals surface area contributed by atoms with Gasteiger partial charge >= 0.3 is 0 Å². The normalized spacial score (nSPS) is 12.5. The molecule has 0 fully saturated rings. The van der Waals surface area contributed by atoms with Gasteiger partial charge in [0.05, 0.1) is 18.5 Å². The van der Waals surface area contributed by atoms with E-state index in [1.54, 1.807) is 18.9 Å². The van der Waals surface area contributed by atoms with Crippen molar-refractivity contribution >= 4 is 28.9 Å². The van der Waals surface area contributed by atoms with Gasteiger partial charge in [0.2, 0.25) is 0 Å². The van der Waals surface area contributed by atoms with Crippen LogP contribution < -0.4 is 10.1 Å². The monoisotopic (exact) mass is 428 g/mol. The van der Waals surface area contributed by atoms with Gasteiger partial charge in [-0.1, -0.05) is 56.5 Å². The van der Waals surface area contributed by atoms with Crippen LogP contribution in [0.3, 0.4) is 0 Å². The van der Waals surface area contributed by atoms with Crippen molar-refractivity contribution in [3.63, 3.8) is 0 Å². The summed E-state index contributed by atoms with van der Waals surface area (Å²) in [5.74, 6) is 1.51. The highest BCUT2D eigenvalue weighted by Crippen LogP contribution is 2.42. The minimum Gasteiger partial charge on any atom is -0.497 e. The van der Waals surface area contributed by atoms with Crippen molar-refractivity contribution in [2.24, 2.45) is 10.9 Å². The van der Waals surface area contributed by atoms with E-state index in [9.17, 15) is 0 Å². The van der Waals surface area contributed by atoms with Gasteiger partial charge in [-0.3, -0.25) is 0 Å². The van der Waals surface area contributed by atoms with Gasteiger partial charge in [-0.2, -0.15) is 0 Å². The van der Waals surface area contributed by atoms with Crippen molar-refractivity contribution < 1.29 is 4.74 Å². The average molecular weight is 429 g/mol. The first-order valence-corrected chi connectivity index (χ1v) is 11.4. The fourth-order valence-corrected chi connectivity index (χ4v) is 4.52. The highest BCUT2D eigenvalue weighted by Gasteiger charge is 2.19. The number of aliphatic imine (C=N–C) groups is 1. The molecule has 3 aromatic carbocycles. The molecule has 4 heteroatoms. The molecule has 0 radical (unpaired) electrons. The van der Waals surface area contributed by atoms with E-state index in [4.69, 9.17) is 9.73 Å². The van der Waals surface area contributed by atoms with Crippen LogP contribution in [0.25, 0.3) is 5.70 Å². The largest absolute Gasteiger partial charge is 0.497 e. The number of nitrogens with one attached hydrogen (secondary N) is 1. The van der Waals surface area contributed by atoms with Crippen molar-refractivity contribution in [1.82, 2.24) is 5.32 Å². The van der Waals surface area contributed by atoms with Gasteiger partial charge in [-0.25, -0.2) is 4.99 Å². The maximum atomic E-state index is 5.34. The third-order valence-electron chi connectivity index (χ3n) is 5.33. The predicted molar refractivity (Wildman–Crippen MR) is 132 cm³/mol. The van der Waals surface area contributed by atoms with Crippen LogP contribution in [0.4, 0.5) is 5.69 Å². The van der Waals surface area contributed by atoms with Crippen LogP contribution >= 0.6 is 11.8 Å². The molecule has 0 bridgehead atoms. The van der Waals surface area contributed by atoms with Crippen molar-refractivity contribution in [3.8, 4) is 5.75 Å². The molecule has 1 N–H and O–H groups in total. The molecule has 4 rings (SSSR count). The SMILES string of the molecule is C=C(NCCC(C)C)c1ccc2c(c1)N=C(c1ccc(OC)cc1)c1ccccc1S2. The summed E-state index contributed by atoms with van der Waals surface area (Å²) in [5.41, 5.74) is 6.17. The number of rotatable bonds is 7. The summed E-state index contributed by atoms with van der Waals surface area (Å²) in [5, 5.41) is 3.46. The van der Waals surface area contributed by atoms with Crippen molar-refractivity contribution in [3.05, 3.63) is 90.0 Å². The Labute approximate surface area is 189 Å². The molecule has 1 aliphatic rings. The zero-order valence-corrected chi connectivity index (χ0v) is 19.1. The van der Waals surface area contributed by atoms with Crippen molar-refractivity contribution in [1.29, 1.82) is 0 Å². The van der Waals surface area contributed by atoms with E-state index < -0.39 is 0 Å². The van der Waals surface area contributed by atoms with E-state index in [0.717, 1.165) is 57.4 Å². The summed E-state index contributed by atoms with van der Waals surface area (Å²) in [4.78, 5) is 7.50. The summed E-state index contributed by atoms with van der Waals surface area (Å²) < 4.78 is 5.34. The summed E-state index contributed by atoms with van der Waals surface area (Å²) >= 11 is 1.76. The molecule has 0 aromatic heterocycles. The second kappa shape index (κ2) is 9.44. The molecule has 1 heterocycles. The Morgan fingerprint density at radius 1 is 1.03 bits per heavy atom. The first kappa shape index (κ1) is 21.3. The van der Waals surface area contributed by atoms with Crippen LogP contribution in [0.1, 0.15) is 37.0 Å². The number of hydrogen-bond donors (Lipinski definition) is 1. The average Bonchev–Trinajstić information content (AvgIpc) is 2.95. The Bertz CT molecular complexity index is 1120. The zero-order chi connectivity index (χ0) is 21.8. The number of fused-ring (bicyclic) bond motifs is 2. The Morgan fingerprint density at radius 3 is 2.55 bits per heavy atom. The molecule has 31 heavy (non-hydrogen) atoms. The van der Waals surface area contributed by atoms with Crippen LogP contribution in [-0.2, 0) is 0 Å². The van der Waals surface area contributed by atoms with Gasteiger partial charge in [0, 0.05) is 33.2 Å². The Hall–Kier alpha value is -2.98. The quantitative estimate of drug-likeness (QED) is 0.346. The molecule has 0 saturated carbocycles. The molecule has 3 aromatic rings. The van der Waals surface area contributed by atoms with Gasteiger partial charge in [0.25, 0.3) is 0 Å². The Morgan fingerprint density at radius 2 is 1.81 bits per heavy atom. The molecule has 0 spiro atoms. The maximum Gasteiger partial charge on any atom is 0.118 e. The van der Waals surface area contributed by atoms with E-state index in [1.807, 2.05) is 12.1 Å². The molecule has 1 aliphatic heterocycles. The summed E-state index contributed by atoms with van der Waals surface area (Å²) in [7, 11) is 1.68. The second-order valence-corrected chi connectivity index (χ2v) is 9.14. The lowest BCUT2D eigenvalue weighted by molar-refractivity contribution is 0.415. The number of hydrogen-bond acceptors (Lipinski definition) is 4. The molecule has 0 atom stereocenters. The third-order valence-corrected chi connectivity index (χ3v) is 6.47. The zero-order valence-electron chi connectivity index (χ0n) is 18.3. The van der Waals surface area contributed by atoms with Crippen LogP contribution in [0.5, 0.6) is 5.75 Å². The summed E-state index contributed by atoms with van der Waals surface area (Å²) in [6.07, 6.45) is 1.12. The molecule has 0 aliphatic carbocycles. The van der Waals surface area contributed by atoms with E-state index in [1.165, 1.54) is 4.90 Å². The Kier molecular flexibility index (Phi) is 6.47. The van der Waals surface area contributed by atoms with Gasteiger partial charge in [-0.15, -0.1) is 0 Å². The lowest BCUT2D eigenvalue weighted by Gasteiger charge is -2.13.